The van der Waals surface area contributed by atoms with Gasteiger partial charge in [0.2, 0.25) is 11.1 Å². The average Bonchev–Trinajstić information content (AvgIpc) is 3.39. The Balaban J connectivity index is 1.57. The number of rotatable bonds is 11. The molecule has 1 amide bonds. The molecule has 224 valence electrons. The Morgan fingerprint density at radius 3 is 2.50 bits per heavy atom. The number of tetrazole rings is 1. The fourth-order valence-corrected chi connectivity index (χ4v) is 4.55. The van der Waals surface area contributed by atoms with Gasteiger partial charge >= 0.3 is 5.97 Å². The first-order chi connectivity index (χ1) is 19.8. The lowest BCUT2D eigenvalue weighted by atomic mass is 9.87. The SMILES string of the molecule is CNCCOC(=O)COC(C)(C)C#Cc1ccc(NC(=O)CSc2nnnn2-c2ccc(C(C)(C)C)cc2Cl)c(Cl)c1. The van der Waals surface area contributed by atoms with Crippen molar-refractivity contribution in [2.75, 3.05) is 37.9 Å². The van der Waals surface area contributed by atoms with Crippen LogP contribution in [0.2, 0.25) is 10.0 Å². The Morgan fingerprint density at radius 1 is 1.07 bits per heavy atom. The second-order valence-corrected chi connectivity index (χ2v) is 12.5. The fraction of sp³-hybridized carbons (Fsp3) is 0.414. The highest BCUT2D eigenvalue weighted by molar-refractivity contribution is 7.99. The van der Waals surface area contributed by atoms with Crippen LogP contribution in [0.3, 0.4) is 0 Å². The number of amides is 1. The normalized spacial score (nSPS) is 11.5. The Labute approximate surface area is 260 Å². The molecule has 13 heteroatoms. The maximum Gasteiger partial charge on any atom is 0.332 e. The molecule has 0 aliphatic carbocycles. The third kappa shape index (κ3) is 10.00. The summed E-state index contributed by atoms with van der Waals surface area (Å²) in [6, 6.07) is 10.8. The number of esters is 1. The number of carbonyl (C=O) groups is 2. The highest BCUT2D eigenvalue weighted by Crippen LogP contribution is 2.30. The minimum absolute atomic E-state index is 0.0405. The number of benzene rings is 2. The van der Waals surface area contributed by atoms with Crippen LogP contribution in [0.4, 0.5) is 5.69 Å². The number of thioether (sulfide) groups is 1. The Bertz CT molecular complexity index is 1480. The van der Waals surface area contributed by atoms with Gasteiger partial charge < -0.3 is 20.1 Å². The van der Waals surface area contributed by atoms with Crippen molar-refractivity contribution in [3.8, 4) is 17.5 Å². The van der Waals surface area contributed by atoms with Gasteiger partial charge in [0.1, 0.15) is 18.8 Å². The molecule has 42 heavy (non-hydrogen) atoms. The zero-order valence-corrected chi connectivity index (χ0v) is 26.7. The zero-order valence-electron chi connectivity index (χ0n) is 24.4. The Kier molecular flexibility index (Phi) is 11.8. The molecule has 0 bridgehead atoms. The van der Waals surface area contributed by atoms with Crippen molar-refractivity contribution in [3.05, 3.63) is 57.6 Å². The highest BCUT2D eigenvalue weighted by Gasteiger charge is 2.19. The molecule has 2 aromatic carbocycles. The van der Waals surface area contributed by atoms with Crippen LogP contribution < -0.4 is 10.6 Å². The zero-order chi connectivity index (χ0) is 30.9. The van der Waals surface area contributed by atoms with E-state index in [2.05, 4.69) is 58.8 Å². The second-order valence-electron chi connectivity index (χ2n) is 10.7. The van der Waals surface area contributed by atoms with E-state index in [1.807, 2.05) is 18.2 Å². The van der Waals surface area contributed by atoms with Gasteiger partial charge in [-0.25, -0.2) is 4.79 Å². The molecule has 3 rings (SSSR count). The van der Waals surface area contributed by atoms with Crippen LogP contribution in [-0.2, 0) is 24.5 Å². The molecule has 0 saturated heterocycles. The molecular weight excluding hydrogens is 599 g/mol. The third-order valence-electron chi connectivity index (χ3n) is 5.73. The molecule has 0 aliphatic heterocycles. The number of ether oxygens (including phenoxy) is 2. The molecule has 1 heterocycles. The predicted octanol–water partition coefficient (Wildman–Crippen LogP) is 4.91. The number of aromatic nitrogens is 4. The summed E-state index contributed by atoms with van der Waals surface area (Å²) >= 11 is 14.1. The Morgan fingerprint density at radius 2 is 1.83 bits per heavy atom. The van der Waals surface area contributed by atoms with Crippen molar-refractivity contribution < 1.29 is 19.1 Å². The van der Waals surface area contributed by atoms with Crippen LogP contribution in [-0.4, -0.2) is 70.2 Å². The third-order valence-corrected chi connectivity index (χ3v) is 7.27. The number of carbonyl (C=O) groups excluding carboxylic acids is 2. The minimum atomic E-state index is -0.896. The largest absolute Gasteiger partial charge is 0.463 e. The maximum absolute atomic E-state index is 12.7. The van der Waals surface area contributed by atoms with E-state index in [-0.39, 0.29) is 30.3 Å². The van der Waals surface area contributed by atoms with Crippen molar-refractivity contribution in [1.29, 1.82) is 0 Å². The molecule has 0 aliphatic rings. The molecule has 2 N–H and O–H groups in total. The molecule has 0 fully saturated rings. The van der Waals surface area contributed by atoms with Gasteiger partial charge in [0.05, 0.1) is 27.2 Å². The summed E-state index contributed by atoms with van der Waals surface area (Å²) in [7, 11) is 1.77. The topological polar surface area (TPSA) is 120 Å². The smallest absolute Gasteiger partial charge is 0.332 e. The van der Waals surface area contributed by atoms with E-state index in [0.29, 0.717) is 38.7 Å². The minimum Gasteiger partial charge on any atom is -0.463 e. The van der Waals surface area contributed by atoms with E-state index in [0.717, 1.165) is 5.56 Å². The van der Waals surface area contributed by atoms with Crippen LogP contribution in [0, 0.1) is 11.8 Å². The molecule has 0 spiro atoms. The maximum atomic E-state index is 12.7. The molecule has 10 nitrogen and oxygen atoms in total. The van der Waals surface area contributed by atoms with Crippen LogP contribution in [0.25, 0.3) is 5.69 Å². The predicted molar refractivity (Wildman–Crippen MR) is 165 cm³/mol. The molecule has 0 unspecified atom stereocenters. The lowest BCUT2D eigenvalue weighted by Crippen LogP contribution is -2.28. The molecule has 0 saturated carbocycles. The lowest BCUT2D eigenvalue weighted by Gasteiger charge is -2.20. The summed E-state index contributed by atoms with van der Waals surface area (Å²) in [5, 5.41) is 18.8. The summed E-state index contributed by atoms with van der Waals surface area (Å²) in [6.45, 7) is 10.4. The van der Waals surface area contributed by atoms with Crippen LogP contribution in [0.5, 0.6) is 0 Å². The highest BCUT2D eigenvalue weighted by atomic mass is 35.5. The number of halogens is 2. The number of nitrogens with zero attached hydrogens (tertiary/aromatic N) is 4. The first-order valence-corrected chi connectivity index (χ1v) is 14.8. The summed E-state index contributed by atoms with van der Waals surface area (Å²) in [5.74, 6) is 5.26. The van der Waals surface area contributed by atoms with E-state index >= 15 is 0 Å². The Hall–Kier alpha value is -3.14. The van der Waals surface area contributed by atoms with Gasteiger partial charge in [-0.15, -0.1) is 5.10 Å². The van der Waals surface area contributed by atoms with Crippen molar-refractivity contribution in [2.45, 2.75) is 50.8 Å². The molecule has 0 radical (unpaired) electrons. The van der Waals surface area contributed by atoms with Gasteiger partial charge in [-0.2, -0.15) is 4.68 Å². The standard InChI is InChI=1S/C29H34Cl2N6O4S/c1-28(2,3)20-8-10-24(22(31)16-20)37-27(34-35-36-37)42-18-25(38)33-23-9-7-19(15-21(23)30)11-12-29(4,5)41-17-26(39)40-14-13-32-6/h7-10,15-16,32H,13-14,17-18H2,1-6H3,(H,33,38). The van der Waals surface area contributed by atoms with Crippen LogP contribution in [0.15, 0.2) is 41.6 Å². The first kappa shape index (κ1) is 33.4. The molecule has 0 atom stereocenters. The van der Waals surface area contributed by atoms with Gasteiger partial charge in [0.25, 0.3) is 0 Å². The molecule has 1 aromatic heterocycles. The number of anilines is 1. The van der Waals surface area contributed by atoms with Gasteiger partial charge in [-0.1, -0.05) is 73.6 Å². The van der Waals surface area contributed by atoms with Crippen LogP contribution in [0.1, 0.15) is 45.7 Å². The molecular formula is C29H34Cl2N6O4S. The second kappa shape index (κ2) is 14.8. The summed E-state index contributed by atoms with van der Waals surface area (Å²) in [4.78, 5) is 24.5. The van der Waals surface area contributed by atoms with Crippen molar-refractivity contribution in [2.24, 2.45) is 0 Å². The van der Waals surface area contributed by atoms with Gasteiger partial charge in [-0.05, 0) is 72.6 Å². The summed E-state index contributed by atoms with van der Waals surface area (Å²) < 4.78 is 12.1. The number of nitrogens with one attached hydrogen (secondary N) is 2. The number of likely N-dealkylation sites (N-methyl/N-ethyl adjacent to an activating group) is 1. The lowest BCUT2D eigenvalue weighted by molar-refractivity contribution is -0.152. The average molecular weight is 634 g/mol. The quantitative estimate of drug-likeness (QED) is 0.131. The van der Waals surface area contributed by atoms with E-state index < -0.39 is 11.6 Å². The van der Waals surface area contributed by atoms with Crippen molar-refractivity contribution >= 4 is 52.5 Å². The van der Waals surface area contributed by atoms with Gasteiger partial charge in [0.15, 0.2) is 0 Å². The fourth-order valence-electron chi connectivity index (χ4n) is 3.38. The number of hydrogen-bond donors (Lipinski definition) is 2. The number of hydrogen-bond acceptors (Lipinski definition) is 9. The van der Waals surface area contributed by atoms with E-state index in [4.69, 9.17) is 32.7 Å². The molecule has 3 aromatic rings. The van der Waals surface area contributed by atoms with Gasteiger partial charge in [0, 0.05) is 12.1 Å². The summed E-state index contributed by atoms with van der Waals surface area (Å²) in [6.07, 6.45) is 0. The summed E-state index contributed by atoms with van der Waals surface area (Å²) in [5.41, 5.74) is 1.81. The van der Waals surface area contributed by atoms with E-state index in [1.165, 1.54) is 16.4 Å². The van der Waals surface area contributed by atoms with Crippen molar-refractivity contribution in [1.82, 2.24) is 25.5 Å². The first-order valence-electron chi connectivity index (χ1n) is 13.1. The van der Waals surface area contributed by atoms with Crippen molar-refractivity contribution in [3.63, 3.8) is 0 Å². The van der Waals surface area contributed by atoms with E-state index in [1.54, 1.807) is 39.1 Å². The van der Waals surface area contributed by atoms with E-state index in [9.17, 15) is 9.59 Å². The van der Waals surface area contributed by atoms with Crippen LogP contribution >= 0.6 is 35.0 Å². The monoisotopic (exact) mass is 632 g/mol. The van der Waals surface area contributed by atoms with Gasteiger partial charge in [-0.3, -0.25) is 4.79 Å².